The fourth-order valence-corrected chi connectivity index (χ4v) is 5.01. The van der Waals surface area contributed by atoms with Crippen LogP contribution in [0.1, 0.15) is 18.2 Å². The van der Waals surface area contributed by atoms with Crippen molar-refractivity contribution in [2.24, 2.45) is 5.14 Å². The van der Waals surface area contributed by atoms with Crippen molar-refractivity contribution in [1.82, 2.24) is 19.7 Å². The van der Waals surface area contributed by atoms with Crippen molar-refractivity contribution in [3.63, 3.8) is 0 Å². The second-order valence-electron chi connectivity index (χ2n) is 7.39. The maximum absolute atomic E-state index is 11.1. The molecule has 0 saturated carbocycles. The van der Waals surface area contributed by atoms with Gasteiger partial charge in [0.2, 0.25) is 0 Å². The summed E-state index contributed by atoms with van der Waals surface area (Å²) >= 11 is 1.38. The fourth-order valence-electron chi connectivity index (χ4n) is 3.73. The number of hydrogen-bond acceptors (Lipinski definition) is 11. The lowest BCUT2D eigenvalue weighted by Gasteiger charge is -2.14. The minimum atomic E-state index is -4.16. The monoisotopic (exact) mass is 480 g/mol. The van der Waals surface area contributed by atoms with Gasteiger partial charge in [0.05, 0.1) is 24.7 Å². The highest BCUT2D eigenvalue weighted by Gasteiger charge is 2.38. The predicted molar refractivity (Wildman–Crippen MR) is 113 cm³/mol. The minimum Gasteiger partial charge on any atom is -0.493 e. The predicted octanol–water partition coefficient (Wildman–Crippen LogP) is 0.363. The number of nitrogen functional groups attached to an aromatic ring is 1. The molecule has 0 unspecified atom stereocenters. The molecule has 0 aliphatic carbocycles. The summed E-state index contributed by atoms with van der Waals surface area (Å²) in [5, 5.41) is 20.9. The highest BCUT2D eigenvalue weighted by molar-refractivity contribution is 7.99. The molecule has 0 bridgehead atoms. The molecular formula is C18H20N6O6S2. The quantitative estimate of drug-likeness (QED) is 0.444. The van der Waals surface area contributed by atoms with Crippen LogP contribution < -0.4 is 15.6 Å². The summed E-state index contributed by atoms with van der Waals surface area (Å²) in [6.45, 7) is 0.253. The third-order valence-electron chi connectivity index (χ3n) is 5.24. The Morgan fingerprint density at radius 2 is 2.19 bits per heavy atom. The lowest BCUT2D eigenvalue weighted by atomic mass is 10.2. The summed E-state index contributed by atoms with van der Waals surface area (Å²) in [4.78, 5) is 9.29. The molecule has 0 amide bonds. The second-order valence-corrected chi connectivity index (χ2v) is 9.67. The molecule has 2 aromatic heterocycles. The molecule has 1 fully saturated rings. The minimum absolute atomic E-state index is 0.149. The lowest BCUT2D eigenvalue weighted by Crippen LogP contribution is -2.30. The second kappa shape index (κ2) is 8.13. The van der Waals surface area contributed by atoms with Crippen LogP contribution >= 0.6 is 11.8 Å². The molecule has 2 aliphatic rings. The van der Waals surface area contributed by atoms with Crippen LogP contribution in [0.5, 0.6) is 5.75 Å². The molecule has 0 radical (unpaired) electrons. The van der Waals surface area contributed by atoms with Crippen molar-refractivity contribution in [1.29, 1.82) is 0 Å². The van der Waals surface area contributed by atoms with Gasteiger partial charge in [0.1, 0.15) is 29.0 Å². The normalized spacial score (nSPS) is 22.9. The molecule has 14 heteroatoms. The summed E-state index contributed by atoms with van der Waals surface area (Å²) in [6, 6.07) is 5.96. The van der Waals surface area contributed by atoms with Gasteiger partial charge in [-0.2, -0.15) is 13.5 Å². The van der Waals surface area contributed by atoms with Crippen molar-refractivity contribution >= 4 is 38.9 Å². The van der Waals surface area contributed by atoms with Crippen molar-refractivity contribution in [3.05, 3.63) is 30.1 Å². The Morgan fingerprint density at radius 3 is 3.00 bits per heavy atom. The molecule has 32 heavy (non-hydrogen) atoms. The molecule has 1 saturated heterocycles. The molecule has 5 rings (SSSR count). The van der Waals surface area contributed by atoms with E-state index in [1.54, 1.807) is 0 Å². The van der Waals surface area contributed by atoms with E-state index in [0.717, 1.165) is 22.6 Å². The maximum atomic E-state index is 11.1. The molecule has 3 aromatic rings. The van der Waals surface area contributed by atoms with Crippen LogP contribution in [0.2, 0.25) is 0 Å². The summed E-state index contributed by atoms with van der Waals surface area (Å²) in [5.74, 6) is 1.11. The van der Waals surface area contributed by atoms with E-state index < -0.39 is 35.3 Å². The number of anilines is 1. The number of aromatic nitrogens is 4. The number of benzene rings is 1. The van der Waals surface area contributed by atoms with Gasteiger partial charge in [-0.25, -0.2) is 19.8 Å². The number of fused-ring (bicyclic) bond motifs is 2. The molecule has 4 heterocycles. The van der Waals surface area contributed by atoms with Gasteiger partial charge in [-0.15, -0.1) is 0 Å². The zero-order valence-electron chi connectivity index (χ0n) is 16.6. The Kier molecular flexibility index (Phi) is 5.43. The highest BCUT2D eigenvalue weighted by atomic mass is 32.2. The number of nitrogens with two attached hydrogens (primary N) is 2. The SMILES string of the molecule is Nc1ncnc2c1c(Sc1ccc3c(c1)OCC3)nn2[C@H]1C[C@H](O)[C@@H](COS(N)(=O)=O)O1. The van der Waals surface area contributed by atoms with Crippen LogP contribution in [0.4, 0.5) is 5.82 Å². The smallest absolute Gasteiger partial charge is 0.333 e. The van der Waals surface area contributed by atoms with Gasteiger partial charge < -0.3 is 20.3 Å². The largest absolute Gasteiger partial charge is 0.493 e. The molecule has 5 N–H and O–H groups in total. The van der Waals surface area contributed by atoms with Crippen LogP contribution in [-0.4, -0.2) is 58.7 Å². The summed E-state index contributed by atoms with van der Waals surface area (Å²) in [6.07, 6.45) is -0.243. The van der Waals surface area contributed by atoms with Gasteiger partial charge in [-0.05, 0) is 17.7 Å². The molecule has 2 aliphatic heterocycles. The van der Waals surface area contributed by atoms with E-state index in [2.05, 4.69) is 19.2 Å². The average molecular weight is 481 g/mol. The first-order valence-corrected chi connectivity index (χ1v) is 12.0. The number of aliphatic hydroxyl groups excluding tert-OH is 1. The first-order chi connectivity index (χ1) is 15.3. The van der Waals surface area contributed by atoms with Gasteiger partial charge in [0.15, 0.2) is 11.9 Å². The van der Waals surface area contributed by atoms with Crippen LogP contribution in [0.15, 0.2) is 34.4 Å². The third-order valence-corrected chi connectivity index (χ3v) is 6.68. The number of hydrogen-bond donors (Lipinski definition) is 3. The van der Waals surface area contributed by atoms with Crippen molar-refractivity contribution in [2.45, 2.75) is 41.2 Å². The molecule has 1 aromatic carbocycles. The van der Waals surface area contributed by atoms with Crippen molar-refractivity contribution in [2.75, 3.05) is 18.9 Å². The van der Waals surface area contributed by atoms with Crippen molar-refractivity contribution in [3.8, 4) is 5.75 Å². The van der Waals surface area contributed by atoms with E-state index in [0.29, 0.717) is 22.7 Å². The Balaban J connectivity index is 1.45. The summed E-state index contributed by atoms with van der Waals surface area (Å²) in [7, 11) is -4.16. The number of nitrogens with zero attached hydrogens (tertiary/aromatic N) is 4. The maximum Gasteiger partial charge on any atom is 0.333 e. The number of ether oxygens (including phenoxy) is 2. The Labute approximate surface area is 187 Å². The first kappa shape index (κ1) is 21.4. The van der Waals surface area contributed by atoms with Gasteiger partial charge >= 0.3 is 10.3 Å². The molecule has 3 atom stereocenters. The van der Waals surface area contributed by atoms with Gasteiger partial charge in [0.25, 0.3) is 0 Å². The molecule has 0 spiro atoms. The zero-order valence-corrected chi connectivity index (χ0v) is 18.3. The Hall–Kier alpha value is -2.49. The molecule has 12 nitrogen and oxygen atoms in total. The van der Waals surface area contributed by atoms with Crippen LogP contribution in [0.25, 0.3) is 11.0 Å². The van der Waals surface area contributed by atoms with E-state index in [-0.39, 0.29) is 12.2 Å². The van der Waals surface area contributed by atoms with E-state index in [1.807, 2.05) is 18.2 Å². The van der Waals surface area contributed by atoms with Crippen LogP contribution in [-0.2, 0) is 25.6 Å². The Morgan fingerprint density at radius 1 is 1.34 bits per heavy atom. The third kappa shape index (κ3) is 4.12. The van der Waals surface area contributed by atoms with Crippen LogP contribution in [0.3, 0.4) is 0 Å². The molecular weight excluding hydrogens is 460 g/mol. The topological polar surface area (TPSA) is 178 Å². The summed E-state index contributed by atoms with van der Waals surface area (Å²) < 4.78 is 39.7. The number of rotatable bonds is 6. The first-order valence-electron chi connectivity index (χ1n) is 9.71. The Bertz CT molecular complexity index is 1280. The zero-order chi connectivity index (χ0) is 22.5. The molecule has 170 valence electrons. The average Bonchev–Trinajstić information content (AvgIpc) is 3.43. The summed E-state index contributed by atoms with van der Waals surface area (Å²) in [5.41, 5.74) is 7.72. The van der Waals surface area contributed by atoms with E-state index in [4.69, 9.17) is 20.3 Å². The van der Waals surface area contributed by atoms with E-state index in [9.17, 15) is 13.5 Å². The van der Waals surface area contributed by atoms with Crippen molar-refractivity contribution < 1.29 is 27.2 Å². The van der Waals surface area contributed by atoms with Crippen LogP contribution in [0, 0.1) is 0 Å². The van der Waals surface area contributed by atoms with Gasteiger partial charge in [-0.1, -0.05) is 17.8 Å². The number of aliphatic hydroxyl groups is 1. The lowest BCUT2D eigenvalue weighted by molar-refractivity contribution is -0.0415. The van der Waals surface area contributed by atoms with Gasteiger partial charge in [-0.3, -0.25) is 4.18 Å². The van der Waals surface area contributed by atoms with E-state index in [1.165, 1.54) is 22.8 Å². The van der Waals surface area contributed by atoms with Gasteiger partial charge in [0, 0.05) is 17.7 Å². The van der Waals surface area contributed by atoms with E-state index >= 15 is 0 Å². The highest BCUT2D eigenvalue weighted by Crippen LogP contribution is 2.40. The standard InChI is InChI=1S/C18H20N6O6S2/c19-16-15-17(22-8-21-16)24(14-6-11(25)13(30-14)7-29-32(20,26)27)23-18(15)31-10-2-1-9-3-4-28-12(9)5-10/h1-2,5,8,11,13-14,25H,3-4,6-7H2,(H2,19,21,22)(H2,20,26,27)/t11-,13+,14+/m0/s1. The fraction of sp³-hybridized carbons (Fsp3) is 0.389.